The standard InChI is InChI=1S/C30H34F3N7O4/c31-30(32,33)28(41)44-23-4-1-3-21(19-23)26-24-6-10-40(27(24)37-29(36-26)39-13-17-43-18-14-39)22-5-8-35-25(20-22)34-7-2-9-38-11-15-42-16-12-38/h1,3-5,8,19-20H,2,6-7,9-18H2,(H,34,35). The number of nitrogens with zero attached hydrogens (tertiary/aromatic N) is 6. The second-order valence-electron chi connectivity index (χ2n) is 10.7. The van der Waals surface area contributed by atoms with Crippen LogP contribution in [0.25, 0.3) is 11.3 Å². The number of esters is 1. The first-order valence-electron chi connectivity index (χ1n) is 14.8. The minimum atomic E-state index is -5.10. The molecule has 0 atom stereocenters. The molecule has 0 aliphatic carbocycles. The van der Waals surface area contributed by atoms with Gasteiger partial charge in [-0.25, -0.2) is 14.8 Å². The van der Waals surface area contributed by atoms with Crippen LogP contribution in [-0.4, -0.2) is 104 Å². The van der Waals surface area contributed by atoms with Gasteiger partial charge in [0.2, 0.25) is 5.95 Å². The number of benzene rings is 1. The molecular formula is C30H34F3N7O4. The Labute approximate surface area is 252 Å². The van der Waals surface area contributed by atoms with Crippen molar-refractivity contribution in [2.45, 2.75) is 19.0 Å². The summed E-state index contributed by atoms with van der Waals surface area (Å²) in [6, 6.07) is 9.94. The smallest absolute Gasteiger partial charge is 0.420 e. The third kappa shape index (κ3) is 7.03. The Morgan fingerprint density at radius 3 is 2.52 bits per heavy atom. The van der Waals surface area contributed by atoms with E-state index in [-0.39, 0.29) is 5.75 Å². The molecule has 3 aromatic rings. The van der Waals surface area contributed by atoms with Crippen LogP contribution in [-0.2, 0) is 20.7 Å². The lowest BCUT2D eigenvalue weighted by Crippen LogP contribution is -2.37. The molecule has 6 rings (SSSR count). The average Bonchev–Trinajstić information content (AvgIpc) is 3.48. The van der Waals surface area contributed by atoms with Crippen LogP contribution in [0.3, 0.4) is 0 Å². The van der Waals surface area contributed by atoms with E-state index < -0.39 is 12.1 Å². The third-order valence-corrected chi connectivity index (χ3v) is 7.77. The zero-order chi connectivity index (χ0) is 30.5. The normalized spacial score (nSPS) is 17.4. The summed E-state index contributed by atoms with van der Waals surface area (Å²) in [5.74, 6) is -0.495. The van der Waals surface area contributed by atoms with Crippen molar-refractivity contribution in [1.29, 1.82) is 0 Å². The van der Waals surface area contributed by atoms with Gasteiger partial charge in [-0.1, -0.05) is 12.1 Å². The van der Waals surface area contributed by atoms with E-state index in [0.717, 1.165) is 68.7 Å². The summed E-state index contributed by atoms with van der Waals surface area (Å²) < 4.78 is 54.1. The number of morpholine rings is 2. The lowest BCUT2D eigenvalue weighted by atomic mass is 10.1. The molecule has 44 heavy (non-hydrogen) atoms. The summed E-state index contributed by atoms with van der Waals surface area (Å²) in [5.41, 5.74) is 2.89. The first-order chi connectivity index (χ1) is 21.3. The van der Waals surface area contributed by atoms with E-state index in [1.807, 2.05) is 17.0 Å². The molecule has 0 saturated carbocycles. The summed E-state index contributed by atoms with van der Waals surface area (Å²) >= 11 is 0. The molecule has 2 saturated heterocycles. The van der Waals surface area contributed by atoms with Crippen LogP contribution >= 0.6 is 0 Å². The Morgan fingerprint density at radius 2 is 1.75 bits per heavy atom. The summed E-state index contributed by atoms with van der Waals surface area (Å²) in [5, 5.41) is 3.43. The van der Waals surface area contributed by atoms with E-state index in [1.165, 1.54) is 12.1 Å². The summed E-state index contributed by atoms with van der Waals surface area (Å²) in [6.45, 7) is 8.18. The number of carbonyl (C=O) groups is 1. The molecule has 234 valence electrons. The van der Waals surface area contributed by atoms with Gasteiger partial charge in [-0.15, -0.1) is 0 Å². The van der Waals surface area contributed by atoms with Gasteiger partial charge in [0.25, 0.3) is 0 Å². The third-order valence-electron chi connectivity index (χ3n) is 7.77. The van der Waals surface area contributed by atoms with Crippen molar-refractivity contribution in [3.05, 3.63) is 48.2 Å². The van der Waals surface area contributed by atoms with E-state index in [0.29, 0.717) is 56.5 Å². The number of carbonyl (C=O) groups excluding carboxylic acids is 1. The van der Waals surface area contributed by atoms with Crippen LogP contribution in [0.5, 0.6) is 5.75 Å². The topological polar surface area (TPSA) is 105 Å². The Balaban J connectivity index is 1.26. The number of aromatic nitrogens is 3. The van der Waals surface area contributed by atoms with Crippen LogP contribution in [0.15, 0.2) is 42.6 Å². The van der Waals surface area contributed by atoms with E-state index in [9.17, 15) is 18.0 Å². The van der Waals surface area contributed by atoms with Crippen molar-refractivity contribution in [2.75, 3.05) is 87.4 Å². The minimum absolute atomic E-state index is 0.210. The van der Waals surface area contributed by atoms with E-state index in [2.05, 4.69) is 24.8 Å². The van der Waals surface area contributed by atoms with Gasteiger partial charge in [0, 0.05) is 68.3 Å². The molecule has 2 fully saturated rings. The fourth-order valence-corrected chi connectivity index (χ4v) is 5.54. The summed E-state index contributed by atoms with van der Waals surface area (Å²) in [7, 11) is 0. The SMILES string of the molecule is O=C(Oc1cccc(-c2nc(N3CCOCC3)nc3c2CCN3c2ccnc(NCCCN3CCOCC3)c2)c1)C(F)(F)F. The molecule has 0 amide bonds. The van der Waals surface area contributed by atoms with Crippen LogP contribution in [0.2, 0.25) is 0 Å². The van der Waals surface area contributed by atoms with Crippen molar-refractivity contribution < 1.29 is 32.2 Å². The van der Waals surface area contributed by atoms with Gasteiger partial charge < -0.3 is 29.3 Å². The lowest BCUT2D eigenvalue weighted by Gasteiger charge is -2.28. The number of anilines is 4. The maximum atomic E-state index is 12.9. The number of halogens is 3. The Morgan fingerprint density at radius 1 is 0.977 bits per heavy atom. The molecule has 1 aromatic carbocycles. The maximum Gasteiger partial charge on any atom is 0.491 e. The fourth-order valence-electron chi connectivity index (χ4n) is 5.54. The monoisotopic (exact) mass is 613 g/mol. The molecule has 5 heterocycles. The maximum absolute atomic E-state index is 12.9. The van der Waals surface area contributed by atoms with E-state index >= 15 is 0 Å². The van der Waals surface area contributed by atoms with Crippen molar-refractivity contribution in [3.8, 4) is 17.0 Å². The highest BCUT2D eigenvalue weighted by atomic mass is 19.4. The van der Waals surface area contributed by atoms with Crippen molar-refractivity contribution >= 4 is 29.2 Å². The highest BCUT2D eigenvalue weighted by molar-refractivity contribution is 5.80. The number of hydrogen-bond donors (Lipinski definition) is 1. The first kappa shape index (κ1) is 30.0. The molecular weight excluding hydrogens is 579 g/mol. The highest BCUT2D eigenvalue weighted by Gasteiger charge is 2.41. The molecule has 2 aromatic heterocycles. The number of fused-ring (bicyclic) bond motifs is 1. The second kappa shape index (κ2) is 13.3. The Kier molecular flexibility index (Phi) is 9.09. The second-order valence-corrected chi connectivity index (χ2v) is 10.7. The number of pyridine rings is 1. The van der Waals surface area contributed by atoms with Crippen molar-refractivity contribution in [1.82, 2.24) is 19.9 Å². The number of hydrogen-bond acceptors (Lipinski definition) is 11. The molecule has 3 aliphatic heterocycles. The molecule has 3 aliphatic rings. The van der Waals surface area contributed by atoms with Gasteiger partial charge in [-0.3, -0.25) is 4.90 Å². The predicted molar refractivity (Wildman–Crippen MR) is 158 cm³/mol. The van der Waals surface area contributed by atoms with Gasteiger partial charge in [0.15, 0.2) is 0 Å². The zero-order valence-corrected chi connectivity index (χ0v) is 24.2. The fraction of sp³-hybridized carbons (Fsp3) is 0.467. The summed E-state index contributed by atoms with van der Waals surface area (Å²) in [4.78, 5) is 32.4. The number of rotatable bonds is 9. The number of alkyl halides is 3. The first-order valence-corrected chi connectivity index (χ1v) is 14.8. The number of nitrogens with one attached hydrogen (secondary N) is 1. The Bertz CT molecular complexity index is 1460. The Hall–Kier alpha value is -4.01. The quantitative estimate of drug-likeness (QED) is 0.217. The molecule has 0 bridgehead atoms. The average molecular weight is 614 g/mol. The van der Waals surface area contributed by atoms with Gasteiger partial charge in [0.1, 0.15) is 17.4 Å². The molecule has 14 heteroatoms. The van der Waals surface area contributed by atoms with Crippen LogP contribution in [0.4, 0.5) is 36.4 Å². The van der Waals surface area contributed by atoms with Crippen LogP contribution in [0, 0.1) is 0 Å². The van der Waals surface area contributed by atoms with Crippen LogP contribution in [0.1, 0.15) is 12.0 Å². The molecule has 11 nitrogen and oxygen atoms in total. The molecule has 1 N–H and O–H groups in total. The van der Waals surface area contributed by atoms with Gasteiger partial charge in [-0.05, 0) is 37.6 Å². The number of ether oxygens (including phenoxy) is 3. The van der Waals surface area contributed by atoms with Crippen molar-refractivity contribution in [3.63, 3.8) is 0 Å². The predicted octanol–water partition coefficient (Wildman–Crippen LogP) is 3.67. The van der Waals surface area contributed by atoms with Gasteiger partial charge in [-0.2, -0.15) is 18.2 Å². The largest absolute Gasteiger partial charge is 0.491 e. The lowest BCUT2D eigenvalue weighted by molar-refractivity contribution is -0.189. The molecule has 0 spiro atoms. The van der Waals surface area contributed by atoms with Crippen LogP contribution < -0.4 is 19.9 Å². The van der Waals surface area contributed by atoms with E-state index in [4.69, 9.17) is 19.4 Å². The zero-order valence-electron chi connectivity index (χ0n) is 24.2. The molecule has 0 radical (unpaired) electrons. The van der Waals surface area contributed by atoms with Crippen molar-refractivity contribution in [2.24, 2.45) is 0 Å². The minimum Gasteiger partial charge on any atom is -0.420 e. The summed E-state index contributed by atoms with van der Waals surface area (Å²) in [6.07, 6.45) is -1.74. The highest BCUT2D eigenvalue weighted by Crippen LogP contribution is 2.40. The van der Waals surface area contributed by atoms with Gasteiger partial charge >= 0.3 is 12.1 Å². The van der Waals surface area contributed by atoms with E-state index in [1.54, 1.807) is 18.3 Å². The van der Waals surface area contributed by atoms with Gasteiger partial charge in [0.05, 0.1) is 32.1 Å². The molecule has 0 unspecified atom stereocenters.